The van der Waals surface area contributed by atoms with Gasteiger partial charge in [0.15, 0.2) is 0 Å². The molecular weight excluding hydrogens is 420 g/mol. The third kappa shape index (κ3) is 6.19. The Balaban J connectivity index is 2.09. The van der Waals surface area contributed by atoms with Gasteiger partial charge in [-0.15, -0.1) is 0 Å². The maximum atomic E-state index is 12.8. The van der Waals surface area contributed by atoms with E-state index < -0.39 is 16.1 Å². The average molecular weight is 449 g/mol. The number of ether oxygens (including phenoxy) is 1. The molecule has 1 aliphatic rings. The standard InChI is InChI=1S/C19H29ClN2O4S2/c1-4-17(19(23)21-11-12-27-15-7-5-6-8-15)22(28(3,24)25)14-9-10-18(26-2)16(20)13-14/h9-10,13,15,17H,4-8,11-12H2,1-3H3,(H,21,23)/t17-/m0/s1. The molecule has 0 saturated heterocycles. The van der Waals surface area contributed by atoms with Gasteiger partial charge in [-0.25, -0.2) is 8.42 Å². The highest BCUT2D eigenvalue weighted by Gasteiger charge is 2.31. The molecule has 1 aliphatic carbocycles. The first-order valence-electron chi connectivity index (χ1n) is 9.50. The van der Waals surface area contributed by atoms with Gasteiger partial charge in [-0.2, -0.15) is 11.8 Å². The minimum Gasteiger partial charge on any atom is -0.495 e. The van der Waals surface area contributed by atoms with Crippen LogP contribution in [0, 0.1) is 0 Å². The molecule has 1 saturated carbocycles. The van der Waals surface area contributed by atoms with Crippen LogP contribution in [0.5, 0.6) is 5.75 Å². The summed E-state index contributed by atoms with van der Waals surface area (Å²) in [6, 6.07) is 3.86. The van der Waals surface area contributed by atoms with Crippen molar-refractivity contribution in [1.29, 1.82) is 0 Å². The van der Waals surface area contributed by atoms with E-state index in [1.54, 1.807) is 19.1 Å². The molecule has 0 bridgehead atoms. The van der Waals surface area contributed by atoms with Crippen molar-refractivity contribution in [1.82, 2.24) is 5.32 Å². The summed E-state index contributed by atoms with van der Waals surface area (Å²) in [5.41, 5.74) is 0.343. The Morgan fingerprint density at radius 3 is 2.61 bits per heavy atom. The van der Waals surface area contributed by atoms with Gasteiger partial charge >= 0.3 is 0 Å². The predicted octanol–water partition coefficient (Wildman–Crippen LogP) is 3.69. The van der Waals surface area contributed by atoms with Gasteiger partial charge in [0.05, 0.1) is 24.1 Å². The molecule has 9 heteroatoms. The van der Waals surface area contributed by atoms with E-state index in [0.29, 0.717) is 29.7 Å². The fraction of sp³-hybridized carbons (Fsp3) is 0.632. The van der Waals surface area contributed by atoms with Crippen LogP contribution in [0.1, 0.15) is 39.0 Å². The van der Waals surface area contributed by atoms with Crippen LogP contribution in [0.4, 0.5) is 5.69 Å². The lowest BCUT2D eigenvalue weighted by atomic mass is 10.2. The normalized spacial score (nSPS) is 16.0. The first-order valence-corrected chi connectivity index (χ1v) is 12.8. The first-order chi connectivity index (χ1) is 13.3. The second kappa shape index (κ2) is 10.6. The van der Waals surface area contributed by atoms with Crippen LogP contribution >= 0.6 is 23.4 Å². The SMILES string of the molecule is CC[C@@H](C(=O)NCCSC1CCCC1)N(c1ccc(OC)c(Cl)c1)S(C)(=O)=O. The average Bonchev–Trinajstić information content (AvgIpc) is 3.15. The number of sulfonamides is 1. The first kappa shape index (κ1) is 23.2. The zero-order chi connectivity index (χ0) is 20.7. The minimum absolute atomic E-state index is 0.289. The summed E-state index contributed by atoms with van der Waals surface area (Å²) in [5.74, 6) is 0.979. The van der Waals surface area contributed by atoms with E-state index in [9.17, 15) is 13.2 Å². The summed E-state index contributed by atoms with van der Waals surface area (Å²) in [7, 11) is -2.20. The van der Waals surface area contributed by atoms with Crippen molar-refractivity contribution in [3.8, 4) is 5.75 Å². The molecule has 28 heavy (non-hydrogen) atoms. The number of hydrogen-bond acceptors (Lipinski definition) is 5. The van der Waals surface area contributed by atoms with Crippen LogP contribution in [-0.2, 0) is 14.8 Å². The summed E-state index contributed by atoms with van der Waals surface area (Å²) >= 11 is 8.05. The predicted molar refractivity (Wildman–Crippen MR) is 117 cm³/mol. The number of anilines is 1. The minimum atomic E-state index is -3.69. The zero-order valence-electron chi connectivity index (χ0n) is 16.6. The van der Waals surface area contributed by atoms with Crippen LogP contribution in [0.25, 0.3) is 0 Å². The number of thioether (sulfide) groups is 1. The topological polar surface area (TPSA) is 75.7 Å². The van der Waals surface area contributed by atoms with Crippen molar-refractivity contribution in [3.05, 3.63) is 23.2 Å². The van der Waals surface area contributed by atoms with E-state index in [1.807, 2.05) is 11.8 Å². The van der Waals surface area contributed by atoms with Crippen molar-refractivity contribution in [2.45, 2.75) is 50.3 Å². The molecule has 0 unspecified atom stereocenters. The van der Waals surface area contributed by atoms with Gasteiger partial charge in [0, 0.05) is 17.5 Å². The monoisotopic (exact) mass is 448 g/mol. The number of nitrogens with zero attached hydrogens (tertiary/aromatic N) is 1. The fourth-order valence-corrected chi connectivity index (χ4v) is 6.10. The van der Waals surface area contributed by atoms with Gasteiger partial charge in [-0.1, -0.05) is 31.4 Å². The van der Waals surface area contributed by atoms with E-state index in [-0.39, 0.29) is 10.9 Å². The number of benzene rings is 1. The highest BCUT2D eigenvalue weighted by atomic mass is 35.5. The summed E-state index contributed by atoms with van der Waals surface area (Å²) < 4.78 is 31.2. The molecule has 1 aromatic carbocycles. The van der Waals surface area contributed by atoms with E-state index >= 15 is 0 Å². The number of amides is 1. The maximum Gasteiger partial charge on any atom is 0.243 e. The van der Waals surface area contributed by atoms with Crippen molar-refractivity contribution in [2.75, 3.05) is 30.0 Å². The number of nitrogens with one attached hydrogen (secondary N) is 1. The Kier molecular flexibility index (Phi) is 8.77. The molecule has 1 fully saturated rings. The Bertz CT molecular complexity index is 767. The summed E-state index contributed by atoms with van der Waals surface area (Å²) in [5, 5.41) is 3.87. The Morgan fingerprint density at radius 1 is 1.39 bits per heavy atom. The lowest BCUT2D eigenvalue weighted by Crippen LogP contribution is -2.49. The van der Waals surface area contributed by atoms with Crippen LogP contribution in [0.2, 0.25) is 5.02 Å². The van der Waals surface area contributed by atoms with Gasteiger partial charge in [0.25, 0.3) is 0 Å². The number of carbonyl (C=O) groups is 1. The number of halogens is 1. The van der Waals surface area contributed by atoms with E-state index in [1.165, 1.54) is 38.9 Å². The molecule has 0 spiro atoms. The number of hydrogen-bond donors (Lipinski definition) is 1. The third-order valence-electron chi connectivity index (χ3n) is 4.78. The molecule has 1 N–H and O–H groups in total. The van der Waals surface area contributed by atoms with Gasteiger partial charge in [0.1, 0.15) is 11.8 Å². The van der Waals surface area contributed by atoms with Gasteiger partial charge in [-0.05, 0) is 37.5 Å². The lowest BCUT2D eigenvalue weighted by molar-refractivity contribution is -0.122. The molecule has 1 aromatic rings. The smallest absolute Gasteiger partial charge is 0.243 e. The van der Waals surface area contributed by atoms with E-state index in [0.717, 1.165) is 16.3 Å². The lowest BCUT2D eigenvalue weighted by Gasteiger charge is -2.30. The van der Waals surface area contributed by atoms with Crippen LogP contribution in [-0.4, -0.2) is 51.3 Å². The van der Waals surface area contributed by atoms with Crippen LogP contribution in [0.3, 0.4) is 0 Å². The molecule has 1 amide bonds. The molecule has 0 aliphatic heterocycles. The molecule has 6 nitrogen and oxygen atoms in total. The Hall–Kier alpha value is -1.12. The number of carbonyl (C=O) groups excluding carboxylic acids is 1. The molecular formula is C19H29ClN2O4S2. The third-order valence-corrected chi connectivity index (χ3v) is 7.63. The highest BCUT2D eigenvalue weighted by Crippen LogP contribution is 2.32. The molecule has 158 valence electrons. The second-order valence-corrected chi connectivity index (χ2v) is 10.5. The highest BCUT2D eigenvalue weighted by molar-refractivity contribution is 7.99. The van der Waals surface area contributed by atoms with Crippen molar-refractivity contribution in [2.24, 2.45) is 0 Å². The van der Waals surface area contributed by atoms with Crippen LogP contribution in [0.15, 0.2) is 18.2 Å². The molecule has 0 aromatic heterocycles. The molecule has 0 radical (unpaired) electrons. The Morgan fingerprint density at radius 2 is 2.07 bits per heavy atom. The quantitative estimate of drug-likeness (QED) is 0.552. The Labute approximate surface area is 177 Å². The zero-order valence-corrected chi connectivity index (χ0v) is 19.0. The number of methoxy groups -OCH3 is 1. The summed E-state index contributed by atoms with van der Waals surface area (Å²) in [4.78, 5) is 12.8. The van der Waals surface area contributed by atoms with Crippen molar-refractivity contribution < 1.29 is 17.9 Å². The molecule has 2 rings (SSSR count). The summed E-state index contributed by atoms with van der Waals surface area (Å²) in [6.07, 6.45) is 6.51. The van der Waals surface area contributed by atoms with Gasteiger partial charge < -0.3 is 10.1 Å². The van der Waals surface area contributed by atoms with E-state index in [4.69, 9.17) is 16.3 Å². The fourth-order valence-electron chi connectivity index (χ4n) is 3.43. The van der Waals surface area contributed by atoms with Crippen molar-refractivity contribution >= 4 is 45.0 Å². The van der Waals surface area contributed by atoms with E-state index in [2.05, 4.69) is 5.32 Å². The molecule has 1 atom stereocenters. The second-order valence-electron chi connectivity index (χ2n) is 6.87. The number of rotatable bonds is 10. The largest absolute Gasteiger partial charge is 0.495 e. The maximum absolute atomic E-state index is 12.8. The van der Waals surface area contributed by atoms with Crippen LogP contribution < -0.4 is 14.4 Å². The molecule has 0 heterocycles. The van der Waals surface area contributed by atoms with Gasteiger partial charge in [-0.3, -0.25) is 9.10 Å². The van der Waals surface area contributed by atoms with Crippen molar-refractivity contribution in [3.63, 3.8) is 0 Å². The summed E-state index contributed by atoms with van der Waals surface area (Å²) in [6.45, 7) is 2.32. The van der Waals surface area contributed by atoms with Gasteiger partial charge in [0.2, 0.25) is 15.9 Å².